The fourth-order valence-electron chi connectivity index (χ4n) is 3.78. The number of aromatic nitrogens is 4. The summed E-state index contributed by atoms with van der Waals surface area (Å²) in [5, 5.41) is 0. The molecule has 2 fully saturated rings. The first-order valence-electron chi connectivity index (χ1n) is 7.94. The maximum atomic E-state index is 4.46. The van der Waals surface area contributed by atoms with Crippen LogP contribution in [0.25, 0.3) is 0 Å². The van der Waals surface area contributed by atoms with Gasteiger partial charge in [-0.3, -0.25) is 0 Å². The Kier molecular flexibility index (Phi) is 3.36. The Hall–Kier alpha value is -2.24. The molecule has 0 radical (unpaired) electrons. The predicted octanol–water partition coefficient (Wildman–Crippen LogP) is 1.91. The highest BCUT2D eigenvalue weighted by Gasteiger charge is 2.44. The normalized spacial score (nSPS) is 20.5. The maximum Gasteiger partial charge on any atom is 0.225 e. The Balaban J connectivity index is 1.52. The second-order valence-corrected chi connectivity index (χ2v) is 6.06. The van der Waals surface area contributed by atoms with Crippen LogP contribution < -0.4 is 9.80 Å². The van der Waals surface area contributed by atoms with Crippen molar-refractivity contribution in [2.45, 2.75) is 31.2 Å². The summed E-state index contributed by atoms with van der Waals surface area (Å²) in [6.07, 6.45) is 12.0. The Morgan fingerprint density at radius 2 is 1.32 bits per heavy atom. The van der Waals surface area contributed by atoms with Gasteiger partial charge in [-0.25, -0.2) is 19.9 Å². The monoisotopic (exact) mass is 296 g/mol. The van der Waals surface area contributed by atoms with Crippen LogP contribution in [-0.2, 0) is 0 Å². The quantitative estimate of drug-likeness (QED) is 0.843. The van der Waals surface area contributed by atoms with Crippen LogP contribution in [-0.4, -0.2) is 45.1 Å². The average Bonchev–Trinajstić information content (AvgIpc) is 3.00. The maximum absolute atomic E-state index is 4.46. The lowest BCUT2D eigenvalue weighted by atomic mass is 9.85. The largest absolute Gasteiger partial charge is 0.341 e. The lowest BCUT2D eigenvalue weighted by Gasteiger charge is -2.45. The molecule has 2 aliphatic heterocycles. The minimum atomic E-state index is 0.215. The SMILES string of the molecule is c1cnc(N2CCC3(CCCN3c3ncccn3)CC2)nc1. The van der Waals surface area contributed by atoms with Crippen LogP contribution in [0.4, 0.5) is 11.9 Å². The van der Waals surface area contributed by atoms with Crippen molar-refractivity contribution < 1.29 is 0 Å². The summed E-state index contributed by atoms with van der Waals surface area (Å²) in [5.74, 6) is 1.72. The number of piperidine rings is 1. The number of rotatable bonds is 2. The van der Waals surface area contributed by atoms with Gasteiger partial charge in [0.05, 0.1) is 0 Å². The number of hydrogen-bond acceptors (Lipinski definition) is 6. The molecule has 0 N–H and O–H groups in total. The van der Waals surface area contributed by atoms with Gasteiger partial charge in [0.25, 0.3) is 0 Å². The fourth-order valence-corrected chi connectivity index (χ4v) is 3.78. The highest BCUT2D eigenvalue weighted by Crippen LogP contribution is 2.40. The molecular formula is C16H20N6. The molecule has 0 aliphatic carbocycles. The molecule has 0 atom stereocenters. The van der Waals surface area contributed by atoms with E-state index in [1.54, 1.807) is 0 Å². The summed E-state index contributed by atoms with van der Waals surface area (Å²) in [6.45, 7) is 3.05. The standard InChI is InChI=1S/C16H20N6/c1-4-16(22(11-1)15-19-9-3-10-20-15)5-12-21(13-6-16)14-17-7-2-8-18-14/h2-3,7-10H,1,4-6,11-13H2. The van der Waals surface area contributed by atoms with Crippen LogP contribution in [0.15, 0.2) is 36.9 Å². The van der Waals surface area contributed by atoms with Crippen molar-refractivity contribution in [1.29, 1.82) is 0 Å². The molecule has 4 rings (SSSR count). The Labute approximate surface area is 130 Å². The number of nitrogens with zero attached hydrogens (tertiary/aromatic N) is 6. The van der Waals surface area contributed by atoms with E-state index in [9.17, 15) is 0 Å². The molecule has 0 saturated carbocycles. The van der Waals surface area contributed by atoms with Gasteiger partial charge in [0.2, 0.25) is 11.9 Å². The molecule has 2 aromatic rings. The summed E-state index contributed by atoms with van der Waals surface area (Å²) in [6, 6.07) is 3.74. The van der Waals surface area contributed by atoms with Gasteiger partial charge in [0.1, 0.15) is 0 Å². The number of hydrogen-bond donors (Lipinski definition) is 0. The average molecular weight is 296 g/mol. The number of anilines is 2. The molecular weight excluding hydrogens is 276 g/mol. The molecule has 2 aromatic heterocycles. The highest BCUT2D eigenvalue weighted by atomic mass is 15.3. The van der Waals surface area contributed by atoms with Gasteiger partial charge in [-0.15, -0.1) is 0 Å². The molecule has 2 saturated heterocycles. The smallest absolute Gasteiger partial charge is 0.225 e. The zero-order valence-corrected chi connectivity index (χ0v) is 12.6. The predicted molar refractivity (Wildman–Crippen MR) is 84.8 cm³/mol. The first-order chi connectivity index (χ1) is 10.9. The molecule has 0 amide bonds. The summed E-state index contributed by atoms with van der Waals surface area (Å²) < 4.78 is 0. The summed E-state index contributed by atoms with van der Waals surface area (Å²) in [5.41, 5.74) is 0.215. The van der Waals surface area contributed by atoms with Gasteiger partial charge in [0.15, 0.2) is 0 Å². The van der Waals surface area contributed by atoms with Gasteiger partial charge in [-0.1, -0.05) is 0 Å². The van der Waals surface area contributed by atoms with Gasteiger partial charge < -0.3 is 9.80 Å². The zero-order valence-electron chi connectivity index (χ0n) is 12.6. The molecule has 6 heteroatoms. The van der Waals surface area contributed by atoms with Crippen molar-refractivity contribution in [3.05, 3.63) is 36.9 Å². The Morgan fingerprint density at radius 1 is 0.727 bits per heavy atom. The Bertz CT molecular complexity index is 609. The second kappa shape index (κ2) is 5.51. The van der Waals surface area contributed by atoms with E-state index < -0.39 is 0 Å². The molecule has 22 heavy (non-hydrogen) atoms. The van der Waals surface area contributed by atoms with E-state index in [2.05, 4.69) is 29.7 Å². The van der Waals surface area contributed by atoms with Gasteiger partial charge in [-0.2, -0.15) is 0 Å². The molecule has 2 aliphatic rings. The van der Waals surface area contributed by atoms with Gasteiger partial charge in [-0.05, 0) is 37.8 Å². The Morgan fingerprint density at radius 3 is 1.95 bits per heavy atom. The van der Waals surface area contributed by atoms with Crippen LogP contribution in [0.1, 0.15) is 25.7 Å². The lowest BCUT2D eigenvalue weighted by Crippen LogP contribution is -2.53. The van der Waals surface area contributed by atoms with E-state index in [-0.39, 0.29) is 5.54 Å². The first-order valence-corrected chi connectivity index (χ1v) is 7.94. The molecule has 0 unspecified atom stereocenters. The third-order valence-corrected chi connectivity index (χ3v) is 4.92. The van der Waals surface area contributed by atoms with Gasteiger partial charge >= 0.3 is 0 Å². The summed E-state index contributed by atoms with van der Waals surface area (Å²) in [4.78, 5) is 22.4. The van der Waals surface area contributed by atoms with E-state index in [1.165, 1.54) is 12.8 Å². The third kappa shape index (κ3) is 2.28. The van der Waals surface area contributed by atoms with Crippen LogP contribution in [0.2, 0.25) is 0 Å². The van der Waals surface area contributed by atoms with E-state index in [4.69, 9.17) is 0 Å². The van der Waals surface area contributed by atoms with E-state index >= 15 is 0 Å². The molecule has 1 spiro atoms. The fraction of sp³-hybridized carbons (Fsp3) is 0.500. The van der Waals surface area contributed by atoms with E-state index in [1.807, 2.05) is 36.9 Å². The molecule has 0 bridgehead atoms. The van der Waals surface area contributed by atoms with Crippen LogP contribution in [0, 0.1) is 0 Å². The topological polar surface area (TPSA) is 58.0 Å². The molecule has 6 nitrogen and oxygen atoms in total. The minimum Gasteiger partial charge on any atom is -0.341 e. The van der Waals surface area contributed by atoms with Crippen molar-refractivity contribution in [2.75, 3.05) is 29.4 Å². The summed E-state index contributed by atoms with van der Waals surface area (Å²) >= 11 is 0. The van der Waals surface area contributed by atoms with E-state index in [0.717, 1.165) is 44.4 Å². The lowest BCUT2D eigenvalue weighted by molar-refractivity contribution is 0.329. The molecule has 114 valence electrons. The van der Waals surface area contributed by atoms with Crippen LogP contribution in [0.5, 0.6) is 0 Å². The van der Waals surface area contributed by atoms with Crippen molar-refractivity contribution in [2.24, 2.45) is 0 Å². The van der Waals surface area contributed by atoms with Crippen LogP contribution >= 0.6 is 0 Å². The summed E-state index contributed by atoms with van der Waals surface area (Å²) in [7, 11) is 0. The second-order valence-electron chi connectivity index (χ2n) is 6.06. The van der Waals surface area contributed by atoms with Crippen molar-refractivity contribution in [3.63, 3.8) is 0 Å². The molecule has 0 aromatic carbocycles. The highest BCUT2D eigenvalue weighted by molar-refractivity contribution is 5.39. The van der Waals surface area contributed by atoms with Crippen molar-refractivity contribution >= 4 is 11.9 Å². The van der Waals surface area contributed by atoms with Crippen molar-refractivity contribution in [3.8, 4) is 0 Å². The van der Waals surface area contributed by atoms with Crippen LogP contribution in [0.3, 0.4) is 0 Å². The van der Waals surface area contributed by atoms with E-state index in [0.29, 0.717) is 0 Å². The van der Waals surface area contributed by atoms with Gasteiger partial charge in [0, 0.05) is 50.0 Å². The third-order valence-electron chi connectivity index (χ3n) is 4.92. The first kappa shape index (κ1) is 13.4. The zero-order chi connectivity index (χ0) is 14.8. The minimum absolute atomic E-state index is 0.215. The van der Waals surface area contributed by atoms with Crippen molar-refractivity contribution in [1.82, 2.24) is 19.9 Å². The molecule has 4 heterocycles.